The Morgan fingerprint density at radius 1 is 1.12 bits per heavy atom. The first kappa shape index (κ1) is 11.9. The van der Waals surface area contributed by atoms with Gasteiger partial charge in [0.15, 0.2) is 0 Å². The smallest absolute Gasteiger partial charge is 0.213 e. The van der Waals surface area contributed by atoms with Crippen LogP contribution in [0.5, 0.6) is 0 Å². The lowest BCUT2D eigenvalue weighted by atomic mass is 10.1. The van der Waals surface area contributed by atoms with Crippen molar-refractivity contribution in [2.75, 3.05) is 12.3 Å². The lowest BCUT2D eigenvalue weighted by Gasteiger charge is -2.19. The second-order valence-electron chi connectivity index (χ2n) is 5.89. The SMILES string of the molecule is O=S(=O)(CC1CCCN1)NC(C1CC1)C1CC1. The summed E-state index contributed by atoms with van der Waals surface area (Å²) in [5.74, 6) is 1.53. The molecule has 98 valence electrons. The Balaban J connectivity index is 1.57. The molecule has 0 aromatic carbocycles. The zero-order valence-electron chi connectivity index (χ0n) is 10.2. The van der Waals surface area contributed by atoms with Crippen LogP contribution in [0.4, 0.5) is 0 Å². The minimum atomic E-state index is -3.09. The topological polar surface area (TPSA) is 58.2 Å². The molecule has 1 saturated heterocycles. The summed E-state index contributed by atoms with van der Waals surface area (Å²) < 4.78 is 27.2. The van der Waals surface area contributed by atoms with E-state index in [1.807, 2.05) is 0 Å². The molecule has 0 amide bonds. The molecule has 2 N–H and O–H groups in total. The van der Waals surface area contributed by atoms with Crippen molar-refractivity contribution in [2.24, 2.45) is 11.8 Å². The van der Waals surface area contributed by atoms with Crippen molar-refractivity contribution >= 4 is 10.0 Å². The molecule has 1 unspecified atom stereocenters. The average Bonchev–Trinajstić information content (AvgIpc) is 3.17. The minimum absolute atomic E-state index is 0.173. The molecule has 1 heterocycles. The zero-order valence-corrected chi connectivity index (χ0v) is 11.0. The Bertz CT molecular complexity index is 356. The second kappa shape index (κ2) is 4.52. The van der Waals surface area contributed by atoms with Crippen LogP contribution in [0.15, 0.2) is 0 Å². The van der Waals surface area contributed by atoms with E-state index in [2.05, 4.69) is 10.0 Å². The van der Waals surface area contributed by atoms with E-state index >= 15 is 0 Å². The summed E-state index contributed by atoms with van der Waals surface area (Å²) >= 11 is 0. The summed E-state index contributed by atoms with van der Waals surface area (Å²) in [6.07, 6.45) is 6.96. The van der Waals surface area contributed by atoms with E-state index < -0.39 is 10.0 Å². The van der Waals surface area contributed by atoms with Crippen molar-refractivity contribution < 1.29 is 8.42 Å². The predicted octanol–water partition coefficient (Wildman–Crippen LogP) is 0.846. The third kappa shape index (κ3) is 3.20. The molecule has 0 spiro atoms. The third-order valence-electron chi connectivity index (χ3n) is 4.16. The quantitative estimate of drug-likeness (QED) is 0.742. The summed E-state index contributed by atoms with van der Waals surface area (Å²) in [7, 11) is -3.09. The maximum absolute atomic E-state index is 12.1. The van der Waals surface area contributed by atoms with Gasteiger partial charge in [0.2, 0.25) is 10.0 Å². The molecule has 17 heavy (non-hydrogen) atoms. The molecule has 1 atom stereocenters. The Morgan fingerprint density at radius 2 is 1.76 bits per heavy atom. The van der Waals surface area contributed by atoms with E-state index in [0.29, 0.717) is 11.8 Å². The van der Waals surface area contributed by atoms with Crippen molar-refractivity contribution in [1.82, 2.24) is 10.0 Å². The zero-order chi connectivity index (χ0) is 11.9. The third-order valence-corrected chi connectivity index (χ3v) is 5.63. The molecule has 0 radical (unpaired) electrons. The number of hydrogen-bond acceptors (Lipinski definition) is 3. The van der Waals surface area contributed by atoms with Crippen LogP contribution >= 0.6 is 0 Å². The molecule has 0 bridgehead atoms. The van der Waals surface area contributed by atoms with Gasteiger partial charge in [-0.2, -0.15) is 0 Å². The van der Waals surface area contributed by atoms with Gasteiger partial charge in [-0.05, 0) is 56.9 Å². The van der Waals surface area contributed by atoms with Crippen molar-refractivity contribution in [3.63, 3.8) is 0 Å². The van der Waals surface area contributed by atoms with Gasteiger partial charge in [0, 0.05) is 12.1 Å². The lowest BCUT2D eigenvalue weighted by molar-refractivity contribution is 0.468. The molecule has 1 aliphatic heterocycles. The fraction of sp³-hybridized carbons (Fsp3) is 1.00. The van der Waals surface area contributed by atoms with Crippen LogP contribution < -0.4 is 10.0 Å². The van der Waals surface area contributed by atoms with Gasteiger partial charge in [-0.25, -0.2) is 13.1 Å². The van der Waals surface area contributed by atoms with Crippen LogP contribution in [0.25, 0.3) is 0 Å². The predicted molar refractivity (Wildman–Crippen MR) is 67.2 cm³/mol. The highest BCUT2D eigenvalue weighted by atomic mass is 32.2. The van der Waals surface area contributed by atoms with Crippen molar-refractivity contribution in [3.05, 3.63) is 0 Å². The van der Waals surface area contributed by atoms with Gasteiger partial charge >= 0.3 is 0 Å². The van der Waals surface area contributed by atoms with E-state index in [4.69, 9.17) is 0 Å². The van der Waals surface area contributed by atoms with Gasteiger partial charge in [-0.1, -0.05) is 0 Å². The molecule has 0 aromatic heterocycles. The molecule has 2 aliphatic carbocycles. The number of nitrogens with one attached hydrogen (secondary N) is 2. The van der Waals surface area contributed by atoms with E-state index in [1.165, 1.54) is 25.7 Å². The van der Waals surface area contributed by atoms with E-state index in [1.54, 1.807) is 0 Å². The monoisotopic (exact) mass is 258 g/mol. The molecular formula is C12H22N2O2S. The van der Waals surface area contributed by atoms with E-state index in [0.717, 1.165) is 19.4 Å². The van der Waals surface area contributed by atoms with Crippen molar-refractivity contribution in [2.45, 2.75) is 50.6 Å². The highest BCUT2D eigenvalue weighted by Gasteiger charge is 2.43. The molecule has 0 aromatic rings. The Morgan fingerprint density at radius 3 is 2.24 bits per heavy atom. The Labute approximate surface area is 104 Å². The van der Waals surface area contributed by atoms with Gasteiger partial charge in [0.1, 0.15) is 0 Å². The van der Waals surface area contributed by atoms with Gasteiger partial charge in [0.25, 0.3) is 0 Å². The largest absolute Gasteiger partial charge is 0.313 e. The van der Waals surface area contributed by atoms with Crippen molar-refractivity contribution in [3.8, 4) is 0 Å². The summed E-state index contributed by atoms with van der Waals surface area (Å²) in [6.45, 7) is 0.967. The van der Waals surface area contributed by atoms with Crippen LogP contribution in [0.1, 0.15) is 38.5 Å². The maximum Gasteiger partial charge on any atom is 0.213 e. The molecule has 3 rings (SSSR count). The van der Waals surface area contributed by atoms with Gasteiger partial charge in [0.05, 0.1) is 5.75 Å². The number of rotatable bonds is 6. The highest BCUT2D eigenvalue weighted by Crippen LogP contribution is 2.44. The molecule has 3 fully saturated rings. The van der Waals surface area contributed by atoms with Crippen LogP contribution in [0.3, 0.4) is 0 Å². The summed E-state index contributed by atoms with van der Waals surface area (Å²) in [5, 5.41) is 3.26. The molecular weight excluding hydrogens is 236 g/mol. The molecule has 3 aliphatic rings. The first-order valence-corrected chi connectivity index (χ1v) is 8.53. The summed E-state index contributed by atoms with van der Waals surface area (Å²) in [6, 6.07) is 0.424. The van der Waals surface area contributed by atoms with Crippen LogP contribution in [-0.2, 0) is 10.0 Å². The second-order valence-corrected chi connectivity index (χ2v) is 7.69. The van der Waals surface area contributed by atoms with Gasteiger partial charge < -0.3 is 5.32 Å². The fourth-order valence-electron chi connectivity index (χ4n) is 2.91. The fourth-order valence-corrected chi connectivity index (χ4v) is 4.62. The van der Waals surface area contributed by atoms with Gasteiger partial charge in [-0.3, -0.25) is 0 Å². The van der Waals surface area contributed by atoms with E-state index in [9.17, 15) is 8.42 Å². The van der Waals surface area contributed by atoms with Gasteiger partial charge in [-0.15, -0.1) is 0 Å². The standard InChI is InChI=1S/C12H22N2O2S/c15-17(16,8-11-2-1-7-13-11)14-12(9-3-4-9)10-5-6-10/h9-14H,1-8H2. The highest BCUT2D eigenvalue weighted by molar-refractivity contribution is 7.89. The molecule has 2 saturated carbocycles. The van der Waals surface area contributed by atoms with Crippen molar-refractivity contribution in [1.29, 1.82) is 0 Å². The summed E-state index contributed by atoms with van der Waals surface area (Å²) in [4.78, 5) is 0. The molecule has 5 heteroatoms. The Kier molecular flexibility index (Phi) is 3.17. The Hall–Kier alpha value is -0.130. The van der Waals surface area contributed by atoms with Crippen LogP contribution in [0, 0.1) is 11.8 Å². The maximum atomic E-state index is 12.1. The molecule has 4 nitrogen and oxygen atoms in total. The number of sulfonamides is 1. The minimum Gasteiger partial charge on any atom is -0.313 e. The first-order valence-electron chi connectivity index (χ1n) is 6.87. The van der Waals surface area contributed by atoms with Crippen LogP contribution in [-0.4, -0.2) is 32.8 Å². The normalized spacial score (nSPS) is 30.1. The lowest BCUT2D eigenvalue weighted by Crippen LogP contribution is -2.43. The number of hydrogen-bond donors (Lipinski definition) is 2. The van der Waals surface area contributed by atoms with Crippen LogP contribution in [0.2, 0.25) is 0 Å². The van der Waals surface area contributed by atoms with E-state index in [-0.39, 0.29) is 17.8 Å². The summed E-state index contributed by atoms with van der Waals surface area (Å²) in [5.41, 5.74) is 0. The first-order chi connectivity index (χ1) is 8.14. The average molecular weight is 258 g/mol.